The molecule has 0 aliphatic heterocycles. The summed E-state index contributed by atoms with van der Waals surface area (Å²) in [5, 5.41) is 14.9. The second-order valence-corrected chi connectivity index (χ2v) is 5.00. The Morgan fingerprint density at radius 2 is 2.22 bits per heavy atom. The molecule has 2 N–H and O–H groups in total. The molecule has 96 valence electrons. The van der Waals surface area contributed by atoms with Gasteiger partial charge in [-0.2, -0.15) is 0 Å². The van der Waals surface area contributed by atoms with Crippen molar-refractivity contribution in [3.8, 4) is 5.75 Å². The fourth-order valence-corrected chi connectivity index (χ4v) is 2.44. The number of methoxy groups -OCH3 is 1. The molecule has 3 nitrogen and oxygen atoms in total. The maximum absolute atomic E-state index is 9.47. The van der Waals surface area contributed by atoms with E-state index in [4.69, 9.17) is 4.74 Å². The number of hydrogen-bond donors (Lipinski definition) is 2. The lowest BCUT2D eigenvalue weighted by Gasteiger charge is -2.17. The van der Waals surface area contributed by atoms with E-state index >= 15 is 0 Å². The summed E-state index contributed by atoms with van der Waals surface area (Å²) in [7, 11) is 1.64. The van der Waals surface area contributed by atoms with Crippen LogP contribution in [0, 0.1) is 0 Å². The molecule has 1 unspecified atom stereocenters. The Kier molecular flexibility index (Phi) is 4.75. The Balaban J connectivity index is 2.03. The summed E-state index contributed by atoms with van der Waals surface area (Å²) in [5.41, 5.74) is 1.04. The van der Waals surface area contributed by atoms with Gasteiger partial charge >= 0.3 is 0 Å². The van der Waals surface area contributed by atoms with E-state index in [0.717, 1.165) is 17.9 Å². The zero-order valence-electron chi connectivity index (χ0n) is 10.3. The lowest BCUT2D eigenvalue weighted by molar-refractivity contribution is 0.243. The molecule has 0 radical (unpaired) electrons. The monoisotopic (exact) mass is 263 g/mol. The molecule has 0 saturated carbocycles. The molecule has 0 saturated heterocycles. The second kappa shape index (κ2) is 6.54. The summed E-state index contributed by atoms with van der Waals surface area (Å²) in [6, 6.07) is 11.8. The van der Waals surface area contributed by atoms with Gasteiger partial charge in [0.05, 0.1) is 19.8 Å². The predicted molar refractivity (Wildman–Crippen MR) is 74.0 cm³/mol. The number of benzene rings is 1. The van der Waals surface area contributed by atoms with E-state index in [0.29, 0.717) is 0 Å². The molecule has 18 heavy (non-hydrogen) atoms. The van der Waals surface area contributed by atoms with E-state index in [1.165, 1.54) is 4.88 Å². The highest BCUT2D eigenvalue weighted by molar-refractivity contribution is 7.09. The minimum Gasteiger partial charge on any atom is -0.497 e. The van der Waals surface area contributed by atoms with Crippen molar-refractivity contribution in [2.45, 2.75) is 12.6 Å². The Morgan fingerprint density at radius 1 is 1.33 bits per heavy atom. The van der Waals surface area contributed by atoms with Crippen molar-refractivity contribution in [2.24, 2.45) is 0 Å². The van der Waals surface area contributed by atoms with Crippen LogP contribution in [0.5, 0.6) is 5.75 Å². The molecule has 0 aliphatic carbocycles. The van der Waals surface area contributed by atoms with Gasteiger partial charge < -0.3 is 15.2 Å². The first-order valence-corrected chi connectivity index (χ1v) is 6.72. The standard InChI is InChI=1S/C14H17NO2S/c1-17-12-5-2-4-11(8-12)14(10-16)15-9-13-6-3-7-18-13/h2-8,14-16H,9-10H2,1H3. The Labute approximate surface area is 111 Å². The molecule has 0 bridgehead atoms. The Hall–Kier alpha value is -1.36. The number of hydrogen-bond acceptors (Lipinski definition) is 4. The molecule has 1 heterocycles. The zero-order chi connectivity index (χ0) is 12.8. The maximum Gasteiger partial charge on any atom is 0.119 e. The van der Waals surface area contributed by atoms with Gasteiger partial charge in [0.1, 0.15) is 5.75 Å². The molecule has 2 aromatic rings. The molecule has 1 atom stereocenters. The number of rotatable bonds is 6. The van der Waals surface area contributed by atoms with Crippen molar-refractivity contribution in [1.82, 2.24) is 5.32 Å². The molecule has 2 rings (SSSR count). The van der Waals surface area contributed by atoms with E-state index in [-0.39, 0.29) is 12.6 Å². The smallest absolute Gasteiger partial charge is 0.119 e. The SMILES string of the molecule is COc1cccc(C(CO)NCc2cccs2)c1. The normalized spacial score (nSPS) is 12.3. The minimum absolute atomic E-state index is 0.0674. The predicted octanol–water partition coefficient (Wildman–Crippen LogP) is 2.58. The topological polar surface area (TPSA) is 41.5 Å². The van der Waals surface area contributed by atoms with Gasteiger partial charge in [0, 0.05) is 11.4 Å². The van der Waals surface area contributed by atoms with Crippen LogP contribution in [0.4, 0.5) is 0 Å². The van der Waals surface area contributed by atoms with Crippen molar-refractivity contribution in [2.75, 3.05) is 13.7 Å². The lowest BCUT2D eigenvalue weighted by Crippen LogP contribution is -2.23. The first-order valence-electron chi connectivity index (χ1n) is 5.84. The van der Waals surface area contributed by atoms with E-state index in [1.807, 2.05) is 30.3 Å². The molecular weight excluding hydrogens is 246 g/mol. The van der Waals surface area contributed by atoms with Gasteiger partial charge in [0.15, 0.2) is 0 Å². The summed E-state index contributed by atoms with van der Waals surface area (Å²) in [6.45, 7) is 0.832. The van der Waals surface area contributed by atoms with Gasteiger partial charge in [-0.05, 0) is 29.1 Å². The molecule has 1 aromatic heterocycles. The second-order valence-electron chi connectivity index (χ2n) is 3.97. The minimum atomic E-state index is -0.0674. The van der Waals surface area contributed by atoms with Crippen LogP contribution in [0.15, 0.2) is 41.8 Å². The van der Waals surface area contributed by atoms with Gasteiger partial charge in [-0.25, -0.2) is 0 Å². The van der Waals surface area contributed by atoms with Crippen LogP contribution in [-0.4, -0.2) is 18.8 Å². The van der Waals surface area contributed by atoms with E-state index in [9.17, 15) is 5.11 Å². The average Bonchev–Trinajstić information content (AvgIpc) is 2.93. The first-order chi connectivity index (χ1) is 8.83. The van der Waals surface area contributed by atoms with Crippen molar-refractivity contribution in [3.63, 3.8) is 0 Å². The van der Waals surface area contributed by atoms with Crippen molar-refractivity contribution in [1.29, 1.82) is 0 Å². The largest absolute Gasteiger partial charge is 0.497 e. The van der Waals surface area contributed by atoms with Gasteiger partial charge in [0.2, 0.25) is 0 Å². The average molecular weight is 263 g/mol. The molecule has 0 amide bonds. The van der Waals surface area contributed by atoms with Gasteiger partial charge in [0.25, 0.3) is 0 Å². The van der Waals surface area contributed by atoms with Crippen LogP contribution in [0.2, 0.25) is 0 Å². The van der Waals surface area contributed by atoms with Crippen molar-refractivity contribution >= 4 is 11.3 Å². The third-order valence-electron chi connectivity index (χ3n) is 2.78. The first kappa shape index (κ1) is 13.1. The third kappa shape index (κ3) is 3.32. The fraction of sp³-hybridized carbons (Fsp3) is 0.286. The molecule has 1 aromatic carbocycles. The van der Waals surface area contributed by atoms with Crippen molar-refractivity contribution < 1.29 is 9.84 Å². The number of thiophene rings is 1. The summed E-state index contributed by atoms with van der Waals surface area (Å²) in [4.78, 5) is 1.26. The summed E-state index contributed by atoms with van der Waals surface area (Å²) in [6.07, 6.45) is 0. The van der Waals surface area contributed by atoms with E-state index < -0.39 is 0 Å². The highest BCUT2D eigenvalue weighted by atomic mass is 32.1. The van der Waals surface area contributed by atoms with E-state index in [2.05, 4.69) is 16.8 Å². The zero-order valence-corrected chi connectivity index (χ0v) is 11.1. The third-order valence-corrected chi connectivity index (χ3v) is 3.66. The van der Waals surface area contributed by atoms with Crippen LogP contribution in [-0.2, 0) is 6.54 Å². The summed E-state index contributed by atoms with van der Waals surface area (Å²) < 4.78 is 5.19. The van der Waals surface area contributed by atoms with Crippen LogP contribution in [0.3, 0.4) is 0 Å². The fourth-order valence-electron chi connectivity index (χ4n) is 1.78. The lowest BCUT2D eigenvalue weighted by atomic mass is 10.1. The summed E-state index contributed by atoms with van der Waals surface area (Å²) in [5.74, 6) is 0.809. The van der Waals surface area contributed by atoms with Crippen LogP contribution < -0.4 is 10.1 Å². The maximum atomic E-state index is 9.47. The van der Waals surface area contributed by atoms with E-state index in [1.54, 1.807) is 18.4 Å². The van der Waals surface area contributed by atoms with Crippen molar-refractivity contribution in [3.05, 3.63) is 52.2 Å². The van der Waals surface area contributed by atoms with Crippen LogP contribution in [0.25, 0.3) is 0 Å². The number of aliphatic hydroxyl groups excluding tert-OH is 1. The van der Waals surface area contributed by atoms with Crippen LogP contribution in [0.1, 0.15) is 16.5 Å². The molecule has 0 fully saturated rings. The molecular formula is C14H17NO2S. The van der Waals surface area contributed by atoms with Gasteiger partial charge in [-0.1, -0.05) is 18.2 Å². The molecule has 4 heteroatoms. The summed E-state index contributed by atoms with van der Waals surface area (Å²) >= 11 is 1.71. The number of nitrogens with one attached hydrogen (secondary N) is 1. The molecule has 0 aliphatic rings. The van der Waals surface area contributed by atoms with Crippen LogP contribution >= 0.6 is 11.3 Å². The highest BCUT2D eigenvalue weighted by Gasteiger charge is 2.10. The Morgan fingerprint density at radius 3 is 2.89 bits per heavy atom. The molecule has 0 spiro atoms. The highest BCUT2D eigenvalue weighted by Crippen LogP contribution is 2.19. The number of ether oxygens (including phenoxy) is 1. The Bertz CT molecular complexity index is 470. The van der Waals surface area contributed by atoms with Gasteiger partial charge in [-0.3, -0.25) is 0 Å². The van der Waals surface area contributed by atoms with Gasteiger partial charge in [-0.15, -0.1) is 11.3 Å². The quantitative estimate of drug-likeness (QED) is 0.841. The number of aliphatic hydroxyl groups is 1.